The van der Waals surface area contributed by atoms with Crippen molar-refractivity contribution in [2.45, 2.75) is 59.3 Å². The average molecular weight is 500 g/mol. The third kappa shape index (κ3) is 6.87. The minimum atomic E-state index is 0.0556. The molecular weight excluding hydrogens is 474 g/mol. The number of ketones is 1. The summed E-state index contributed by atoms with van der Waals surface area (Å²) in [6.45, 7) is 8.59. The normalized spacial score (nSPS) is 20.9. The van der Waals surface area contributed by atoms with Crippen LogP contribution in [0.25, 0.3) is 0 Å². The molecular formula is C17H26I2O. The van der Waals surface area contributed by atoms with Crippen LogP contribution in [0.5, 0.6) is 0 Å². The van der Waals surface area contributed by atoms with Gasteiger partial charge < -0.3 is 0 Å². The molecule has 1 aliphatic carbocycles. The molecule has 114 valence electrons. The van der Waals surface area contributed by atoms with E-state index in [0.29, 0.717) is 11.7 Å². The topological polar surface area (TPSA) is 17.1 Å². The Morgan fingerprint density at radius 3 is 2.00 bits per heavy atom. The Labute approximate surface area is 147 Å². The molecule has 0 aliphatic heterocycles. The fourth-order valence-electron chi connectivity index (χ4n) is 2.29. The molecule has 0 radical (unpaired) electrons. The van der Waals surface area contributed by atoms with E-state index >= 15 is 0 Å². The van der Waals surface area contributed by atoms with E-state index in [9.17, 15) is 4.79 Å². The quantitative estimate of drug-likeness (QED) is 0.412. The lowest BCUT2D eigenvalue weighted by Crippen LogP contribution is -2.19. The summed E-state index contributed by atoms with van der Waals surface area (Å²) in [5.74, 6) is 1.14. The highest BCUT2D eigenvalue weighted by atomic mass is 128. The van der Waals surface area contributed by atoms with Crippen LogP contribution in [0, 0.1) is 5.41 Å². The van der Waals surface area contributed by atoms with Crippen molar-refractivity contribution in [2.24, 2.45) is 5.41 Å². The zero-order valence-corrected chi connectivity index (χ0v) is 17.3. The smallest absolute Gasteiger partial charge is 0.138 e. The van der Waals surface area contributed by atoms with Gasteiger partial charge in [0.05, 0.1) is 0 Å². The van der Waals surface area contributed by atoms with Gasteiger partial charge in [-0.1, -0.05) is 58.0 Å². The number of hydrogen-bond donors (Lipinski definition) is 0. The van der Waals surface area contributed by atoms with Crippen molar-refractivity contribution < 1.29 is 4.79 Å². The molecule has 0 N–H and O–H groups in total. The second-order valence-corrected chi connectivity index (χ2v) is 5.76. The summed E-state index contributed by atoms with van der Waals surface area (Å²) in [7, 11) is 0. The first kappa shape index (κ1) is 20.3. The highest BCUT2D eigenvalue weighted by molar-refractivity contribution is 15.0. The van der Waals surface area contributed by atoms with Crippen molar-refractivity contribution in [3.05, 3.63) is 35.9 Å². The Bertz CT molecular complexity index is 376. The molecule has 1 fully saturated rings. The van der Waals surface area contributed by atoms with Gasteiger partial charge in [-0.25, -0.2) is 0 Å². The van der Waals surface area contributed by atoms with Crippen molar-refractivity contribution in [1.82, 2.24) is 0 Å². The standard InChI is InChI=1S/C9H12.C8H14O.I2/c1-8(2)9-6-4-3-5-7-9;1-3-8(2)6-4-5-7(8)9;1-2/h3-8H,1-2H3;3-6H2,1-2H3;. The summed E-state index contributed by atoms with van der Waals surface area (Å²) in [5.41, 5.74) is 1.47. The lowest BCUT2D eigenvalue weighted by Gasteiger charge is -2.17. The number of hydrogen-bond acceptors (Lipinski definition) is 1. The first-order valence-corrected chi connectivity index (χ1v) is 13.5. The van der Waals surface area contributed by atoms with Gasteiger partial charge in [-0.15, -0.1) is 0 Å². The first-order valence-electron chi connectivity index (χ1n) is 7.22. The molecule has 3 heteroatoms. The van der Waals surface area contributed by atoms with Crippen LogP contribution in [-0.4, -0.2) is 5.78 Å². The van der Waals surface area contributed by atoms with Gasteiger partial charge in [0.25, 0.3) is 0 Å². The molecule has 0 aromatic heterocycles. The fourth-order valence-corrected chi connectivity index (χ4v) is 2.29. The van der Waals surface area contributed by atoms with Gasteiger partial charge in [-0.05, 0) is 30.7 Å². The van der Waals surface area contributed by atoms with E-state index in [0.717, 1.165) is 25.7 Å². The summed E-state index contributed by atoms with van der Waals surface area (Å²) in [5, 5.41) is 0. The van der Waals surface area contributed by atoms with E-state index in [1.807, 2.05) is 6.07 Å². The largest absolute Gasteiger partial charge is 0.299 e. The molecule has 20 heavy (non-hydrogen) atoms. The Morgan fingerprint density at radius 1 is 1.20 bits per heavy atom. The predicted molar refractivity (Wildman–Crippen MR) is 106 cm³/mol. The predicted octanol–water partition coefficient (Wildman–Crippen LogP) is 6.74. The minimum Gasteiger partial charge on any atom is -0.299 e. The minimum absolute atomic E-state index is 0.0556. The lowest BCUT2D eigenvalue weighted by molar-refractivity contribution is -0.125. The van der Waals surface area contributed by atoms with Crippen LogP contribution in [0.1, 0.15) is 64.9 Å². The molecule has 0 heterocycles. The third-order valence-corrected chi connectivity index (χ3v) is 4.05. The Hall–Kier alpha value is 0.350. The van der Waals surface area contributed by atoms with Crippen molar-refractivity contribution in [2.75, 3.05) is 0 Å². The van der Waals surface area contributed by atoms with E-state index in [2.05, 4.69) is 89.2 Å². The van der Waals surface area contributed by atoms with Gasteiger partial charge in [0.2, 0.25) is 0 Å². The maximum Gasteiger partial charge on any atom is 0.138 e. The van der Waals surface area contributed by atoms with Crippen molar-refractivity contribution in [3.63, 3.8) is 0 Å². The number of carbonyl (C=O) groups is 1. The maximum absolute atomic E-state index is 11.1. The van der Waals surface area contributed by atoms with E-state index in [1.165, 1.54) is 5.56 Å². The van der Waals surface area contributed by atoms with Crippen LogP contribution < -0.4 is 0 Å². The van der Waals surface area contributed by atoms with Gasteiger partial charge in [0.1, 0.15) is 5.78 Å². The molecule has 1 nitrogen and oxygen atoms in total. The highest BCUT2D eigenvalue weighted by Crippen LogP contribution is 2.36. The van der Waals surface area contributed by atoms with Crippen LogP contribution in [0.4, 0.5) is 0 Å². The fraction of sp³-hybridized carbons (Fsp3) is 0.588. The molecule has 0 spiro atoms. The number of carbonyl (C=O) groups excluding carboxylic acids is 1. The first-order chi connectivity index (χ1) is 9.49. The van der Waals surface area contributed by atoms with Crippen LogP contribution in [0.15, 0.2) is 30.3 Å². The number of rotatable bonds is 2. The van der Waals surface area contributed by atoms with E-state index in [-0.39, 0.29) is 5.41 Å². The van der Waals surface area contributed by atoms with E-state index < -0.39 is 0 Å². The summed E-state index contributed by atoms with van der Waals surface area (Å²) >= 11 is 4.24. The SMILES string of the molecule is CC(C)c1ccccc1.CCC1(C)CCCC1=O.II. The van der Waals surface area contributed by atoms with Crippen LogP contribution in [0.3, 0.4) is 0 Å². The number of Topliss-reactive ketones (excluding diaryl/α,β-unsaturated/α-hetero) is 1. The molecule has 2 rings (SSSR count). The van der Waals surface area contributed by atoms with Gasteiger partial charge in [-0.3, -0.25) is 4.79 Å². The summed E-state index contributed by atoms with van der Waals surface area (Å²) in [6.07, 6.45) is 4.07. The molecule has 1 atom stereocenters. The van der Waals surface area contributed by atoms with Crippen LogP contribution in [-0.2, 0) is 4.79 Å². The van der Waals surface area contributed by atoms with Crippen molar-refractivity contribution in [3.8, 4) is 0 Å². The van der Waals surface area contributed by atoms with E-state index in [1.54, 1.807) is 0 Å². The zero-order chi connectivity index (χ0) is 15.6. The van der Waals surface area contributed by atoms with Gasteiger partial charge in [0, 0.05) is 49.1 Å². The maximum atomic E-state index is 11.1. The molecule has 1 aromatic carbocycles. The molecule has 0 saturated heterocycles. The summed E-state index contributed by atoms with van der Waals surface area (Å²) in [4.78, 5) is 11.1. The molecule has 1 saturated carbocycles. The van der Waals surface area contributed by atoms with E-state index in [4.69, 9.17) is 0 Å². The highest BCUT2D eigenvalue weighted by Gasteiger charge is 2.34. The lowest BCUT2D eigenvalue weighted by atomic mass is 9.85. The number of halogens is 2. The zero-order valence-electron chi connectivity index (χ0n) is 13.0. The Morgan fingerprint density at radius 2 is 1.75 bits per heavy atom. The van der Waals surface area contributed by atoms with Crippen LogP contribution >= 0.6 is 37.2 Å². The monoisotopic (exact) mass is 500 g/mol. The average Bonchev–Trinajstić information content (AvgIpc) is 2.83. The summed E-state index contributed by atoms with van der Waals surface area (Å²) in [6, 6.07) is 10.5. The van der Waals surface area contributed by atoms with Gasteiger partial charge >= 0.3 is 0 Å². The second-order valence-electron chi connectivity index (χ2n) is 5.76. The molecule has 1 unspecified atom stereocenters. The Balaban J connectivity index is 0.000000321. The third-order valence-electron chi connectivity index (χ3n) is 4.05. The molecule has 1 aliphatic rings. The van der Waals surface area contributed by atoms with Gasteiger partial charge in [-0.2, -0.15) is 0 Å². The van der Waals surface area contributed by atoms with Crippen molar-refractivity contribution >= 4 is 43.0 Å². The Kier molecular flexibility index (Phi) is 11.2. The van der Waals surface area contributed by atoms with Crippen molar-refractivity contribution in [1.29, 1.82) is 0 Å². The molecule has 0 amide bonds. The number of benzene rings is 1. The van der Waals surface area contributed by atoms with Crippen LogP contribution in [0.2, 0.25) is 0 Å². The van der Waals surface area contributed by atoms with Gasteiger partial charge in [0.15, 0.2) is 0 Å². The molecule has 0 bridgehead atoms. The summed E-state index contributed by atoms with van der Waals surface area (Å²) < 4.78 is 0. The second kappa shape index (κ2) is 11.0. The molecule has 1 aromatic rings.